The zero-order valence-corrected chi connectivity index (χ0v) is 22.5. The van der Waals surface area contributed by atoms with Crippen LogP contribution in [-0.4, -0.2) is 52.5 Å². The zero-order chi connectivity index (χ0) is 26.9. The summed E-state index contributed by atoms with van der Waals surface area (Å²) in [5.74, 6) is 2.62. The van der Waals surface area contributed by atoms with Crippen molar-refractivity contribution in [2.45, 2.75) is 25.3 Å². The number of halogens is 1. The largest absolute Gasteiger partial charge is 0.299 e. The van der Waals surface area contributed by atoms with Crippen LogP contribution in [0.3, 0.4) is 0 Å². The van der Waals surface area contributed by atoms with Crippen molar-refractivity contribution in [2.24, 2.45) is 0 Å². The Morgan fingerprint density at radius 2 is 1.68 bits per heavy atom. The summed E-state index contributed by atoms with van der Waals surface area (Å²) < 4.78 is 2.06. The molecule has 0 radical (unpaired) electrons. The Morgan fingerprint density at radius 1 is 0.850 bits per heavy atom. The predicted octanol–water partition coefficient (Wildman–Crippen LogP) is 6.28. The average molecular weight is 547 g/mol. The van der Waals surface area contributed by atoms with E-state index in [-0.39, 0.29) is 0 Å². The van der Waals surface area contributed by atoms with Gasteiger partial charge in [0.1, 0.15) is 11.5 Å². The maximum atomic E-state index is 5.96. The molecule has 198 valence electrons. The lowest BCUT2D eigenvalue weighted by Crippen LogP contribution is -2.32. The summed E-state index contributed by atoms with van der Waals surface area (Å²) in [7, 11) is 0. The molecule has 1 aliphatic heterocycles. The summed E-state index contributed by atoms with van der Waals surface area (Å²) >= 11 is 5.96. The van der Waals surface area contributed by atoms with Crippen molar-refractivity contribution in [2.75, 3.05) is 13.1 Å². The van der Waals surface area contributed by atoms with Gasteiger partial charge in [-0.3, -0.25) is 19.4 Å². The van der Waals surface area contributed by atoms with E-state index in [4.69, 9.17) is 21.6 Å². The molecule has 4 aromatic heterocycles. The molecule has 0 saturated carbocycles. The van der Waals surface area contributed by atoms with E-state index in [0.29, 0.717) is 22.5 Å². The molecule has 9 heteroatoms. The molecule has 0 aliphatic carbocycles. The highest BCUT2D eigenvalue weighted by Gasteiger charge is 2.24. The van der Waals surface area contributed by atoms with E-state index in [1.807, 2.05) is 30.5 Å². The number of rotatable bonds is 6. The van der Waals surface area contributed by atoms with Crippen molar-refractivity contribution in [3.05, 3.63) is 108 Å². The lowest BCUT2D eigenvalue weighted by Gasteiger charge is -2.30. The number of aromatic nitrogens is 7. The van der Waals surface area contributed by atoms with Gasteiger partial charge in [-0.25, -0.2) is 15.0 Å². The summed E-state index contributed by atoms with van der Waals surface area (Å²) in [6, 6.07) is 24.8. The molecule has 7 rings (SSSR count). The number of hydrogen-bond acceptors (Lipinski definition) is 6. The molecule has 1 N–H and O–H groups in total. The van der Waals surface area contributed by atoms with Crippen LogP contribution in [0.2, 0.25) is 5.02 Å². The van der Waals surface area contributed by atoms with E-state index in [1.165, 1.54) is 5.56 Å². The zero-order valence-electron chi connectivity index (χ0n) is 21.8. The topological polar surface area (TPSA) is 87.9 Å². The number of nitrogens with zero attached hydrogens (tertiary/aromatic N) is 7. The number of benzene rings is 2. The monoisotopic (exact) mass is 546 g/mol. The fraction of sp³-hybridized carbons (Fsp3) is 0.194. The van der Waals surface area contributed by atoms with Crippen LogP contribution in [-0.2, 0) is 6.54 Å². The molecule has 0 unspecified atom stereocenters. The van der Waals surface area contributed by atoms with Crippen LogP contribution in [0, 0.1) is 0 Å². The molecule has 1 fully saturated rings. The molecule has 1 saturated heterocycles. The number of hydrogen-bond donors (Lipinski definition) is 1. The number of H-pyrrole nitrogens is 1. The highest BCUT2D eigenvalue weighted by atomic mass is 35.5. The minimum Gasteiger partial charge on any atom is -0.299 e. The van der Waals surface area contributed by atoms with Gasteiger partial charge in [-0.1, -0.05) is 66.2 Å². The molecule has 5 heterocycles. The predicted molar refractivity (Wildman–Crippen MR) is 156 cm³/mol. The van der Waals surface area contributed by atoms with Gasteiger partial charge in [-0.05, 0) is 49.7 Å². The molecule has 0 bridgehead atoms. The quantitative estimate of drug-likeness (QED) is 0.265. The third-order valence-electron chi connectivity index (χ3n) is 7.52. The van der Waals surface area contributed by atoms with Crippen molar-refractivity contribution in [3.63, 3.8) is 0 Å². The number of piperidine rings is 1. The smallest absolute Gasteiger partial charge is 0.234 e. The molecule has 8 nitrogen and oxygen atoms in total. The Bertz CT molecular complexity index is 1730. The number of fused-ring (bicyclic) bond motifs is 1. The molecular weight excluding hydrogens is 520 g/mol. The number of pyridine rings is 1. The van der Waals surface area contributed by atoms with Crippen LogP contribution in [0.1, 0.15) is 30.1 Å². The van der Waals surface area contributed by atoms with E-state index in [0.717, 1.165) is 66.5 Å². The highest BCUT2D eigenvalue weighted by Crippen LogP contribution is 2.33. The first-order chi connectivity index (χ1) is 19.7. The molecule has 40 heavy (non-hydrogen) atoms. The van der Waals surface area contributed by atoms with Gasteiger partial charge in [-0.2, -0.15) is 5.10 Å². The van der Waals surface area contributed by atoms with Crippen LogP contribution >= 0.6 is 11.6 Å². The SMILES string of the molecule is Clc1ccc(-c2n[nH]c(C3CCN(Cc4ccc(-c5nc6ncccn6c5-c5ccccc5)cc4)CC3)n2)nc1. The average Bonchev–Trinajstić information content (AvgIpc) is 3.65. The van der Waals surface area contributed by atoms with Crippen LogP contribution < -0.4 is 0 Å². The van der Waals surface area contributed by atoms with Crippen LogP contribution in [0.15, 0.2) is 91.4 Å². The lowest BCUT2D eigenvalue weighted by atomic mass is 9.95. The van der Waals surface area contributed by atoms with Gasteiger partial charge < -0.3 is 0 Å². The normalized spacial score (nSPS) is 14.6. The maximum absolute atomic E-state index is 5.96. The van der Waals surface area contributed by atoms with Gasteiger partial charge in [-0.15, -0.1) is 0 Å². The first-order valence-electron chi connectivity index (χ1n) is 13.5. The first kappa shape index (κ1) is 24.6. The Kier molecular flexibility index (Phi) is 6.55. The van der Waals surface area contributed by atoms with Gasteiger partial charge in [0.05, 0.1) is 16.4 Å². The van der Waals surface area contributed by atoms with E-state index in [2.05, 4.69) is 78.0 Å². The minimum absolute atomic E-state index is 0.368. The minimum atomic E-state index is 0.368. The summed E-state index contributed by atoms with van der Waals surface area (Å²) in [4.78, 5) is 20.9. The molecule has 6 aromatic rings. The number of nitrogens with one attached hydrogen (secondary N) is 1. The van der Waals surface area contributed by atoms with E-state index >= 15 is 0 Å². The summed E-state index contributed by atoms with van der Waals surface area (Å²) in [6.07, 6.45) is 7.50. The molecule has 0 atom stereocenters. The second-order valence-corrected chi connectivity index (χ2v) is 10.6. The molecular formula is C31H27ClN8. The maximum Gasteiger partial charge on any atom is 0.234 e. The third kappa shape index (κ3) is 4.87. The van der Waals surface area contributed by atoms with Crippen molar-refractivity contribution < 1.29 is 0 Å². The second kappa shape index (κ2) is 10.6. The van der Waals surface area contributed by atoms with E-state index in [1.54, 1.807) is 12.4 Å². The van der Waals surface area contributed by atoms with E-state index < -0.39 is 0 Å². The van der Waals surface area contributed by atoms with Crippen molar-refractivity contribution in [1.82, 2.24) is 39.4 Å². The number of likely N-dealkylation sites (tertiary alicyclic amines) is 1. The summed E-state index contributed by atoms with van der Waals surface area (Å²) in [6.45, 7) is 2.94. The highest BCUT2D eigenvalue weighted by molar-refractivity contribution is 6.30. The lowest BCUT2D eigenvalue weighted by molar-refractivity contribution is 0.202. The fourth-order valence-corrected chi connectivity index (χ4v) is 5.54. The standard InChI is InChI=1S/C31H27ClN8/c32-25-11-12-26(34-19-25)30-36-29(37-38-30)24-13-17-39(18-14-24)20-21-7-9-22(10-8-21)27-28(23-5-2-1-3-6-23)40-16-4-15-33-31(40)35-27/h1-12,15-16,19,24H,13-14,17-18,20H2,(H,36,37,38). The Labute approximate surface area is 236 Å². The van der Waals surface area contributed by atoms with Gasteiger partial charge in [0.2, 0.25) is 5.78 Å². The molecule has 0 spiro atoms. The Hall–Kier alpha value is -4.40. The summed E-state index contributed by atoms with van der Waals surface area (Å²) in [5.41, 5.74) is 6.22. The van der Waals surface area contributed by atoms with E-state index in [9.17, 15) is 0 Å². The van der Waals surface area contributed by atoms with Gasteiger partial charge in [0.25, 0.3) is 0 Å². The Balaban J connectivity index is 1.03. The van der Waals surface area contributed by atoms with Crippen LogP contribution in [0.25, 0.3) is 39.8 Å². The van der Waals surface area contributed by atoms with Gasteiger partial charge in [0.15, 0.2) is 5.82 Å². The Morgan fingerprint density at radius 3 is 2.45 bits per heavy atom. The summed E-state index contributed by atoms with van der Waals surface area (Å²) in [5, 5.41) is 8.12. The van der Waals surface area contributed by atoms with Crippen molar-refractivity contribution in [1.29, 1.82) is 0 Å². The number of imidazole rings is 1. The fourth-order valence-electron chi connectivity index (χ4n) is 5.43. The van der Waals surface area contributed by atoms with Crippen LogP contribution in [0.5, 0.6) is 0 Å². The third-order valence-corrected chi connectivity index (χ3v) is 7.74. The number of aromatic amines is 1. The second-order valence-electron chi connectivity index (χ2n) is 10.1. The van der Waals surface area contributed by atoms with Crippen LogP contribution in [0.4, 0.5) is 0 Å². The van der Waals surface area contributed by atoms with Crippen molar-refractivity contribution in [3.8, 4) is 34.0 Å². The molecule has 2 aromatic carbocycles. The molecule has 0 amide bonds. The molecule has 1 aliphatic rings. The van der Waals surface area contributed by atoms with Crippen molar-refractivity contribution >= 4 is 17.4 Å². The van der Waals surface area contributed by atoms with Gasteiger partial charge >= 0.3 is 0 Å². The van der Waals surface area contributed by atoms with Gasteiger partial charge in [0, 0.05) is 42.2 Å². The first-order valence-corrected chi connectivity index (χ1v) is 13.8.